The molecular weight excluding hydrogens is 232 g/mol. The molecule has 17 heavy (non-hydrogen) atoms. The average molecular weight is 256 g/mol. The van der Waals surface area contributed by atoms with Crippen LogP contribution in [0.25, 0.3) is 0 Å². The molecule has 1 N–H and O–H groups in total. The molecule has 2 aliphatic heterocycles. The van der Waals surface area contributed by atoms with Crippen LogP contribution in [-0.2, 0) is 4.79 Å². The number of carbonyl (C=O) groups excluding carboxylic acids is 1. The lowest BCUT2D eigenvalue weighted by Crippen LogP contribution is -2.44. The average Bonchev–Trinajstić information content (AvgIpc) is 2.87. The van der Waals surface area contributed by atoms with Gasteiger partial charge in [-0.1, -0.05) is 20.8 Å². The third kappa shape index (κ3) is 2.79. The second-order valence-electron chi connectivity index (χ2n) is 5.54. The maximum atomic E-state index is 12.5. The molecule has 2 saturated heterocycles. The van der Waals surface area contributed by atoms with Gasteiger partial charge in [-0.05, 0) is 30.9 Å². The van der Waals surface area contributed by atoms with E-state index in [1.165, 1.54) is 12.2 Å². The number of carbonyl (C=O) groups is 1. The van der Waals surface area contributed by atoms with Gasteiger partial charge >= 0.3 is 0 Å². The molecule has 3 nitrogen and oxygen atoms in total. The Labute approximate surface area is 109 Å². The molecule has 4 heteroatoms. The van der Waals surface area contributed by atoms with Gasteiger partial charge < -0.3 is 4.90 Å². The molecule has 0 aliphatic carbocycles. The zero-order chi connectivity index (χ0) is 12.4. The van der Waals surface area contributed by atoms with Crippen molar-refractivity contribution in [2.45, 2.75) is 58.3 Å². The maximum absolute atomic E-state index is 12.5. The van der Waals surface area contributed by atoms with Crippen LogP contribution in [0.1, 0.15) is 40.0 Å². The zero-order valence-electron chi connectivity index (χ0n) is 11.1. The predicted molar refractivity (Wildman–Crippen MR) is 73.0 cm³/mol. The quantitative estimate of drug-likeness (QED) is 0.836. The number of nitrogens with one attached hydrogen (secondary N) is 1. The fraction of sp³-hybridized carbons (Fsp3) is 0.923. The van der Waals surface area contributed by atoms with Gasteiger partial charge in [0.05, 0.1) is 12.2 Å². The second-order valence-corrected chi connectivity index (χ2v) is 6.69. The van der Waals surface area contributed by atoms with Crippen molar-refractivity contribution in [2.75, 3.05) is 11.5 Å². The molecule has 2 heterocycles. The number of amides is 1. The molecule has 2 rings (SSSR count). The van der Waals surface area contributed by atoms with Crippen LogP contribution < -0.4 is 5.32 Å². The van der Waals surface area contributed by atoms with Crippen molar-refractivity contribution >= 4 is 17.7 Å². The van der Waals surface area contributed by atoms with Gasteiger partial charge in [-0.25, -0.2) is 0 Å². The number of hydrogen-bond acceptors (Lipinski definition) is 3. The standard InChI is InChI=1S/C13H24N2OS/c1-4-12-14-11(7-9(2)3)13(16)15(12)10-5-6-17-8-10/h9-12,14H,4-8H2,1-3H3. The number of hydrogen-bond donors (Lipinski definition) is 1. The molecule has 1 amide bonds. The highest BCUT2D eigenvalue weighted by molar-refractivity contribution is 7.99. The minimum atomic E-state index is 0.0607. The normalized spacial score (nSPS) is 34.0. The molecule has 2 aliphatic rings. The van der Waals surface area contributed by atoms with Crippen LogP contribution in [0.2, 0.25) is 0 Å². The number of rotatable bonds is 4. The van der Waals surface area contributed by atoms with Gasteiger partial charge in [0.1, 0.15) is 0 Å². The van der Waals surface area contributed by atoms with E-state index < -0.39 is 0 Å². The molecule has 3 unspecified atom stereocenters. The smallest absolute Gasteiger partial charge is 0.241 e. The largest absolute Gasteiger partial charge is 0.322 e. The zero-order valence-corrected chi connectivity index (χ0v) is 11.9. The van der Waals surface area contributed by atoms with Crippen molar-refractivity contribution < 1.29 is 4.79 Å². The summed E-state index contributed by atoms with van der Waals surface area (Å²) in [4.78, 5) is 14.6. The van der Waals surface area contributed by atoms with E-state index in [4.69, 9.17) is 0 Å². The molecule has 0 aromatic heterocycles. The molecule has 0 radical (unpaired) electrons. The van der Waals surface area contributed by atoms with Gasteiger partial charge in [0.25, 0.3) is 0 Å². The number of nitrogens with zero attached hydrogens (tertiary/aromatic N) is 1. The first-order valence-corrected chi connectivity index (χ1v) is 7.95. The Morgan fingerprint density at radius 1 is 1.53 bits per heavy atom. The van der Waals surface area contributed by atoms with Gasteiger partial charge in [0.15, 0.2) is 0 Å². The summed E-state index contributed by atoms with van der Waals surface area (Å²) in [6.45, 7) is 6.53. The lowest BCUT2D eigenvalue weighted by atomic mass is 10.0. The van der Waals surface area contributed by atoms with Crippen molar-refractivity contribution in [1.29, 1.82) is 0 Å². The predicted octanol–water partition coefficient (Wildman–Crippen LogP) is 2.07. The van der Waals surface area contributed by atoms with Crippen LogP contribution in [0, 0.1) is 5.92 Å². The third-order valence-electron chi connectivity index (χ3n) is 3.67. The van der Waals surface area contributed by atoms with E-state index in [1.807, 2.05) is 11.8 Å². The SMILES string of the molecule is CCC1NC(CC(C)C)C(=O)N1C1CCSC1. The summed E-state index contributed by atoms with van der Waals surface area (Å²) in [5.74, 6) is 3.25. The minimum Gasteiger partial charge on any atom is -0.322 e. The van der Waals surface area contributed by atoms with Crippen molar-refractivity contribution in [3.05, 3.63) is 0 Å². The molecular formula is C13H24N2OS. The minimum absolute atomic E-state index is 0.0607. The van der Waals surface area contributed by atoms with Crippen LogP contribution in [0.5, 0.6) is 0 Å². The topological polar surface area (TPSA) is 32.3 Å². The highest BCUT2D eigenvalue weighted by atomic mass is 32.2. The first-order valence-electron chi connectivity index (χ1n) is 6.79. The van der Waals surface area contributed by atoms with E-state index in [1.54, 1.807) is 0 Å². The summed E-state index contributed by atoms with van der Waals surface area (Å²) in [7, 11) is 0. The molecule has 2 fully saturated rings. The van der Waals surface area contributed by atoms with Gasteiger partial charge in [-0.15, -0.1) is 0 Å². The fourth-order valence-electron chi connectivity index (χ4n) is 2.85. The summed E-state index contributed by atoms with van der Waals surface area (Å²) < 4.78 is 0. The summed E-state index contributed by atoms with van der Waals surface area (Å²) in [6, 6.07) is 0.535. The lowest BCUT2D eigenvalue weighted by molar-refractivity contribution is -0.132. The Balaban J connectivity index is 2.05. The van der Waals surface area contributed by atoms with E-state index >= 15 is 0 Å². The van der Waals surface area contributed by atoms with Crippen molar-refractivity contribution in [1.82, 2.24) is 10.2 Å². The van der Waals surface area contributed by atoms with E-state index in [0.29, 0.717) is 17.9 Å². The first-order chi connectivity index (χ1) is 8.13. The molecule has 3 atom stereocenters. The Morgan fingerprint density at radius 2 is 2.29 bits per heavy atom. The van der Waals surface area contributed by atoms with Crippen molar-refractivity contribution in [3.63, 3.8) is 0 Å². The highest BCUT2D eigenvalue weighted by Crippen LogP contribution is 2.28. The van der Waals surface area contributed by atoms with Crippen LogP contribution in [0.3, 0.4) is 0 Å². The van der Waals surface area contributed by atoms with Gasteiger partial charge in [-0.3, -0.25) is 10.1 Å². The summed E-state index contributed by atoms with van der Waals surface area (Å²) in [5, 5.41) is 3.52. The summed E-state index contributed by atoms with van der Waals surface area (Å²) >= 11 is 1.98. The molecule has 0 aromatic carbocycles. The fourth-order valence-corrected chi connectivity index (χ4v) is 4.05. The van der Waals surface area contributed by atoms with Gasteiger partial charge in [0, 0.05) is 11.8 Å². The van der Waals surface area contributed by atoms with E-state index in [2.05, 4.69) is 31.0 Å². The molecule has 0 aromatic rings. The summed E-state index contributed by atoms with van der Waals surface area (Å²) in [6.07, 6.45) is 3.42. The highest BCUT2D eigenvalue weighted by Gasteiger charge is 2.42. The van der Waals surface area contributed by atoms with Crippen molar-refractivity contribution in [2.24, 2.45) is 5.92 Å². The van der Waals surface area contributed by atoms with E-state index in [0.717, 1.165) is 18.6 Å². The monoisotopic (exact) mass is 256 g/mol. The molecule has 0 spiro atoms. The van der Waals surface area contributed by atoms with Crippen LogP contribution in [-0.4, -0.2) is 40.6 Å². The molecule has 0 saturated carbocycles. The number of thioether (sulfide) groups is 1. The lowest BCUT2D eigenvalue weighted by Gasteiger charge is -2.29. The first kappa shape index (κ1) is 13.2. The molecule has 0 bridgehead atoms. The third-order valence-corrected chi connectivity index (χ3v) is 4.82. The van der Waals surface area contributed by atoms with Crippen LogP contribution in [0.15, 0.2) is 0 Å². The Kier molecular flexibility index (Phi) is 4.36. The van der Waals surface area contributed by atoms with Gasteiger partial charge in [0.2, 0.25) is 5.91 Å². The molecule has 98 valence electrons. The van der Waals surface area contributed by atoms with E-state index in [9.17, 15) is 4.79 Å². The summed E-state index contributed by atoms with van der Waals surface area (Å²) in [5.41, 5.74) is 0. The van der Waals surface area contributed by atoms with Crippen LogP contribution >= 0.6 is 11.8 Å². The van der Waals surface area contributed by atoms with Crippen molar-refractivity contribution in [3.8, 4) is 0 Å². The Bertz CT molecular complexity index is 277. The van der Waals surface area contributed by atoms with E-state index in [-0.39, 0.29) is 12.2 Å². The van der Waals surface area contributed by atoms with Gasteiger partial charge in [-0.2, -0.15) is 11.8 Å². The Morgan fingerprint density at radius 3 is 2.82 bits per heavy atom. The van der Waals surface area contributed by atoms with Crippen LogP contribution in [0.4, 0.5) is 0 Å². The second kappa shape index (κ2) is 5.61. The Hall–Kier alpha value is -0.220. The maximum Gasteiger partial charge on any atom is 0.241 e.